The minimum Gasteiger partial charge on any atom is -0.377 e. The van der Waals surface area contributed by atoms with Crippen LogP contribution >= 0.6 is 0 Å². The summed E-state index contributed by atoms with van der Waals surface area (Å²) >= 11 is 0. The van der Waals surface area contributed by atoms with Crippen molar-refractivity contribution in [3.8, 4) is 0 Å². The molecule has 0 saturated carbocycles. The van der Waals surface area contributed by atoms with E-state index in [-0.39, 0.29) is 6.04 Å². The highest BCUT2D eigenvalue weighted by Gasteiger charge is 2.12. The van der Waals surface area contributed by atoms with Gasteiger partial charge >= 0.3 is 0 Å². The molecule has 2 N–H and O–H groups in total. The monoisotopic (exact) mass is 270 g/mol. The molecule has 1 aliphatic rings. The molecule has 1 fully saturated rings. The lowest BCUT2D eigenvalue weighted by Gasteiger charge is -2.17. The highest BCUT2D eigenvalue weighted by atomic mass is 15.1. The molecule has 1 aliphatic heterocycles. The first-order chi connectivity index (χ1) is 9.81. The average molecular weight is 270 g/mol. The number of hydrogen-bond acceptors (Lipinski definition) is 3. The molecule has 4 nitrogen and oxygen atoms in total. The molecular formula is C16H22N4. The van der Waals surface area contributed by atoms with E-state index in [1.54, 1.807) is 6.20 Å². The fourth-order valence-electron chi connectivity index (χ4n) is 2.79. The number of hydrogen-bond donors (Lipinski definition) is 2. The van der Waals surface area contributed by atoms with Gasteiger partial charge in [0.1, 0.15) is 0 Å². The molecule has 3 rings (SSSR count). The summed E-state index contributed by atoms with van der Waals surface area (Å²) in [5.74, 6) is 0. The molecule has 1 unspecified atom stereocenters. The highest BCUT2D eigenvalue weighted by molar-refractivity contribution is 5.47. The van der Waals surface area contributed by atoms with Gasteiger partial charge in [0.25, 0.3) is 0 Å². The number of anilines is 1. The molecule has 4 heteroatoms. The van der Waals surface area contributed by atoms with Gasteiger partial charge in [0, 0.05) is 18.4 Å². The Labute approximate surface area is 120 Å². The predicted octanol–water partition coefficient (Wildman–Crippen LogP) is 3.18. The van der Waals surface area contributed by atoms with Crippen LogP contribution in [0.25, 0.3) is 0 Å². The van der Waals surface area contributed by atoms with Crippen LogP contribution in [-0.2, 0) is 6.54 Å². The van der Waals surface area contributed by atoms with Crippen molar-refractivity contribution >= 4 is 5.69 Å². The van der Waals surface area contributed by atoms with Gasteiger partial charge in [-0.05, 0) is 56.6 Å². The van der Waals surface area contributed by atoms with Crippen molar-refractivity contribution in [3.63, 3.8) is 0 Å². The number of rotatable bonds is 5. The van der Waals surface area contributed by atoms with E-state index in [4.69, 9.17) is 0 Å². The van der Waals surface area contributed by atoms with Gasteiger partial charge in [-0.1, -0.05) is 12.1 Å². The van der Waals surface area contributed by atoms with Crippen LogP contribution in [0.5, 0.6) is 0 Å². The number of aromatic nitrogens is 2. The number of benzene rings is 1. The van der Waals surface area contributed by atoms with Gasteiger partial charge in [-0.2, -0.15) is 5.10 Å². The van der Waals surface area contributed by atoms with Crippen molar-refractivity contribution in [2.45, 2.75) is 32.4 Å². The van der Waals surface area contributed by atoms with E-state index in [1.165, 1.54) is 37.2 Å². The summed E-state index contributed by atoms with van der Waals surface area (Å²) in [5, 5.41) is 10.5. The lowest BCUT2D eigenvalue weighted by molar-refractivity contribution is 0.331. The summed E-state index contributed by atoms with van der Waals surface area (Å²) in [5.41, 5.74) is 3.66. The molecule has 1 atom stereocenters. The summed E-state index contributed by atoms with van der Waals surface area (Å²) < 4.78 is 0. The SMILES string of the molecule is CC(Nc1cccc(CN2CCCC2)c1)c1ccn[nH]1. The van der Waals surface area contributed by atoms with Crippen LogP contribution in [0.2, 0.25) is 0 Å². The molecule has 20 heavy (non-hydrogen) atoms. The summed E-state index contributed by atoms with van der Waals surface area (Å²) in [6.45, 7) is 5.68. The number of aromatic amines is 1. The molecule has 106 valence electrons. The molecular weight excluding hydrogens is 248 g/mol. The Kier molecular flexibility index (Phi) is 4.02. The van der Waals surface area contributed by atoms with Gasteiger partial charge in [-0.25, -0.2) is 0 Å². The lowest BCUT2D eigenvalue weighted by Crippen LogP contribution is -2.18. The normalized spacial score (nSPS) is 17.2. The van der Waals surface area contributed by atoms with E-state index in [1.807, 2.05) is 6.07 Å². The van der Waals surface area contributed by atoms with Crippen LogP contribution in [0, 0.1) is 0 Å². The zero-order valence-electron chi connectivity index (χ0n) is 12.0. The van der Waals surface area contributed by atoms with Crippen molar-refractivity contribution in [3.05, 3.63) is 47.8 Å². The minimum atomic E-state index is 0.236. The largest absolute Gasteiger partial charge is 0.377 e. The number of likely N-dealkylation sites (tertiary alicyclic amines) is 1. The van der Waals surface area contributed by atoms with E-state index in [0.717, 1.165) is 12.2 Å². The van der Waals surface area contributed by atoms with Gasteiger partial charge in [-0.15, -0.1) is 0 Å². The van der Waals surface area contributed by atoms with Crippen LogP contribution in [0.3, 0.4) is 0 Å². The molecule has 1 saturated heterocycles. The third-order valence-corrected chi connectivity index (χ3v) is 3.90. The van der Waals surface area contributed by atoms with E-state index in [9.17, 15) is 0 Å². The lowest BCUT2D eigenvalue weighted by atomic mass is 10.1. The summed E-state index contributed by atoms with van der Waals surface area (Å²) in [6.07, 6.45) is 4.47. The zero-order valence-corrected chi connectivity index (χ0v) is 12.0. The van der Waals surface area contributed by atoms with E-state index in [0.29, 0.717) is 0 Å². The fraction of sp³-hybridized carbons (Fsp3) is 0.438. The van der Waals surface area contributed by atoms with E-state index >= 15 is 0 Å². The van der Waals surface area contributed by atoms with E-state index in [2.05, 4.69) is 51.6 Å². The van der Waals surface area contributed by atoms with Crippen LogP contribution in [-0.4, -0.2) is 28.2 Å². The van der Waals surface area contributed by atoms with Crippen LogP contribution in [0.4, 0.5) is 5.69 Å². The predicted molar refractivity (Wildman–Crippen MR) is 81.6 cm³/mol. The summed E-state index contributed by atoms with van der Waals surface area (Å²) in [4.78, 5) is 2.53. The van der Waals surface area contributed by atoms with Gasteiger partial charge in [0.2, 0.25) is 0 Å². The molecule has 1 aromatic heterocycles. The van der Waals surface area contributed by atoms with E-state index < -0.39 is 0 Å². The number of nitrogens with one attached hydrogen (secondary N) is 2. The second-order valence-electron chi connectivity index (χ2n) is 5.56. The van der Waals surface area contributed by atoms with Crippen molar-refractivity contribution < 1.29 is 0 Å². The van der Waals surface area contributed by atoms with Crippen molar-refractivity contribution in [2.75, 3.05) is 18.4 Å². The smallest absolute Gasteiger partial charge is 0.0651 e. The quantitative estimate of drug-likeness (QED) is 0.877. The average Bonchev–Trinajstić information content (AvgIpc) is 3.12. The molecule has 0 spiro atoms. The Balaban J connectivity index is 1.64. The highest BCUT2D eigenvalue weighted by Crippen LogP contribution is 2.20. The van der Waals surface area contributed by atoms with Crippen molar-refractivity contribution in [1.82, 2.24) is 15.1 Å². The first kappa shape index (κ1) is 13.2. The zero-order chi connectivity index (χ0) is 13.8. The standard InChI is InChI=1S/C16H22N4/c1-13(16-7-8-17-19-16)18-15-6-4-5-14(11-15)12-20-9-2-3-10-20/h4-8,11,13,18H,2-3,9-10,12H2,1H3,(H,17,19). The topological polar surface area (TPSA) is 44.0 Å². The van der Waals surface area contributed by atoms with Crippen molar-refractivity contribution in [2.24, 2.45) is 0 Å². The fourth-order valence-corrected chi connectivity index (χ4v) is 2.79. The third kappa shape index (κ3) is 3.20. The molecule has 2 heterocycles. The van der Waals surface area contributed by atoms with Crippen LogP contribution < -0.4 is 5.32 Å². The summed E-state index contributed by atoms with van der Waals surface area (Å²) in [6, 6.07) is 11.0. The van der Waals surface area contributed by atoms with Gasteiger partial charge < -0.3 is 5.32 Å². The molecule has 0 radical (unpaired) electrons. The molecule has 0 aliphatic carbocycles. The number of nitrogens with zero attached hydrogens (tertiary/aromatic N) is 2. The Morgan fingerprint density at radius 2 is 2.15 bits per heavy atom. The Hall–Kier alpha value is -1.81. The molecule has 1 aromatic carbocycles. The summed E-state index contributed by atoms with van der Waals surface area (Å²) in [7, 11) is 0. The van der Waals surface area contributed by atoms with Crippen LogP contribution in [0.15, 0.2) is 36.5 Å². The van der Waals surface area contributed by atoms with Crippen molar-refractivity contribution in [1.29, 1.82) is 0 Å². The van der Waals surface area contributed by atoms with Crippen LogP contribution in [0.1, 0.15) is 37.1 Å². The first-order valence-electron chi connectivity index (χ1n) is 7.38. The molecule has 0 amide bonds. The van der Waals surface area contributed by atoms with Gasteiger partial charge in [0.05, 0.1) is 11.7 Å². The Bertz CT molecular complexity index is 529. The number of H-pyrrole nitrogens is 1. The maximum atomic E-state index is 4.00. The maximum Gasteiger partial charge on any atom is 0.0651 e. The van der Waals surface area contributed by atoms with Gasteiger partial charge in [0.15, 0.2) is 0 Å². The Morgan fingerprint density at radius 1 is 1.30 bits per heavy atom. The molecule has 2 aromatic rings. The van der Waals surface area contributed by atoms with Gasteiger partial charge in [-0.3, -0.25) is 10.00 Å². The molecule has 0 bridgehead atoms. The Morgan fingerprint density at radius 3 is 2.90 bits per heavy atom. The third-order valence-electron chi connectivity index (χ3n) is 3.90. The first-order valence-corrected chi connectivity index (χ1v) is 7.38. The maximum absolute atomic E-state index is 4.00. The second kappa shape index (κ2) is 6.09. The minimum absolute atomic E-state index is 0.236. The second-order valence-corrected chi connectivity index (χ2v) is 5.56.